The summed E-state index contributed by atoms with van der Waals surface area (Å²) in [6, 6.07) is 0. The molecule has 0 aliphatic carbocycles. The van der Waals surface area contributed by atoms with Crippen molar-refractivity contribution in [2.75, 3.05) is 5.75 Å². The highest BCUT2D eigenvalue weighted by atomic mass is 35.5. The van der Waals surface area contributed by atoms with Gasteiger partial charge in [0.1, 0.15) is 0 Å². The average Bonchev–Trinajstić information content (AvgIpc) is 2.37. The van der Waals surface area contributed by atoms with E-state index in [1.54, 1.807) is 11.8 Å². The first kappa shape index (κ1) is 8.87. The van der Waals surface area contributed by atoms with Gasteiger partial charge in [0.25, 0.3) is 0 Å². The zero-order chi connectivity index (χ0) is 8.10. The van der Waals surface area contributed by atoms with E-state index in [4.69, 9.17) is 11.6 Å². The monoisotopic (exact) mass is 192 g/mol. The maximum absolute atomic E-state index is 5.42. The molecule has 1 aromatic rings. The molecule has 3 nitrogen and oxygen atoms in total. The third-order valence-corrected chi connectivity index (χ3v) is 2.34. The van der Waals surface area contributed by atoms with E-state index in [1.807, 2.05) is 0 Å². The Morgan fingerprint density at radius 2 is 2.45 bits per heavy atom. The molecule has 0 unspecified atom stereocenters. The zero-order valence-electron chi connectivity index (χ0n) is 6.21. The summed E-state index contributed by atoms with van der Waals surface area (Å²) in [4.78, 5) is 3.85. The van der Waals surface area contributed by atoms with Crippen LogP contribution in [0.5, 0.6) is 0 Å². The van der Waals surface area contributed by atoms with Crippen molar-refractivity contribution >= 4 is 23.4 Å². The smallest absolute Gasteiger partial charge is 0.320 e. The lowest BCUT2D eigenvalue weighted by molar-refractivity contribution is 0.414. The Morgan fingerprint density at radius 3 is 3.00 bits per heavy atom. The maximum Gasteiger partial charge on any atom is 0.320 e. The highest BCUT2D eigenvalue weighted by molar-refractivity contribution is 7.98. The summed E-state index contributed by atoms with van der Waals surface area (Å²) in [5, 5.41) is 3.77. The lowest BCUT2D eigenvalue weighted by atomic mass is 10.6. The van der Waals surface area contributed by atoms with Gasteiger partial charge in [-0.2, -0.15) is 16.7 Å². The van der Waals surface area contributed by atoms with E-state index < -0.39 is 0 Å². The molecule has 0 atom stereocenters. The van der Waals surface area contributed by atoms with Crippen LogP contribution in [-0.2, 0) is 5.75 Å². The van der Waals surface area contributed by atoms with Crippen LogP contribution in [-0.4, -0.2) is 15.9 Å². The van der Waals surface area contributed by atoms with Crippen molar-refractivity contribution in [3.8, 4) is 0 Å². The molecule has 5 heteroatoms. The van der Waals surface area contributed by atoms with Crippen LogP contribution in [0, 0.1) is 0 Å². The highest BCUT2D eigenvalue weighted by Gasteiger charge is 2.01. The van der Waals surface area contributed by atoms with Crippen molar-refractivity contribution in [2.24, 2.45) is 0 Å². The Bertz CT molecular complexity index is 216. The molecule has 62 valence electrons. The predicted octanol–water partition coefficient (Wildman–Crippen LogP) is 2.37. The number of halogens is 1. The minimum atomic E-state index is 0.122. The van der Waals surface area contributed by atoms with E-state index in [0.29, 0.717) is 5.82 Å². The minimum absolute atomic E-state index is 0.122. The van der Waals surface area contributed by atoms with Crippen molar-refractivity contribution in [1.29, 1.82) is 0 Å². The molecule has 0 aliphatic rings. The largest absolute Gasteiger partial charge is 0.321 e. The van der Waals surface area contributed by atoms with Gasteiger partial charge >= 0.3 is 5.35 Å². The van der Waals surface area contributed by atoms with Crippen molar-refractivity contribution in [3.05, 3.63) is 11.2 Å². The van der Waals surface area contributed by atoms with Crippen molar-refractivity contribution < 1.29 is 4.52 Å². The van der Waals surface area contributed by atoms with Crippen LogP contribution in [0.4, 0.5) is 0 Å². The summed E-state index contributed by atoms with van der Waals surface area (Å²) in [6.07, 6.45) is 1.16. The Morgan fingerprint density at radius 1 is 1.64 bits per heavy atom. The van der Waals surface area contributed by atoms with Gasteiger partial charge in [0.05, 0.1) is 5.75 Å². The van der Waals surface area contributed by atoms with Gasteiger partial charge in [-0.3, -0.25) is 0 Å². The molecule has 0 saturated carbocycles. The number of aromatic nitrogens is 2. The first-order valence-electron chi connectivity index (χ1n) is 3.38. The van der Waals surface area contributed by atoms with Gasteiger partial charge in [-0.25, -0.2) is 0 Å². The Kier molecular flexibility index (Phi) is 3.72. The predicted molar refractivity (Wildman–Crippen MR) is 45.8 cm³/mol. The van der Waals surface area contributed by atoms with Crippen molar-refractivity contribution in [3.63, 3.8) is 0 Å². The Hall–Kier alpha value is -0.220. The number of hydrogen-bond acceptors (Lipinski definition) is 4. The zero-order valence-corrected chi connectivity index (χ0v) is 7.78. The van der Waals surface area contributed by atoms with E-state index in [2.05, 4.69) is 21.6 Å². The van der Waals surface area contributed by atoms with E-state index in [0.717, 1.165) is 17.9 Å². The number of thioether (sulfide) groups is 1. The maximum atomic E-state index is 5.42. The van der Waals surface area contributed by atoms with Crippen LogP contribution in [0.25, 0.3) is 0 Å². The van der Waals surface area contributed by atoms with Gasteiger partial charge in [-0.15, -0.1) is 0 Å². The second-order valence-corrected chi connectivity index (χ2v) is 3.44. The molecule has 11 heavy (non-hydrogen) atoms. The van der Waals surface area contributed by atoms with Gasteiger partial charge in [-0.1, -0.05) is 12.1 Å². The van der Waals surface area contributed by atoms with Crippen molar-refractivity contribution in [2.45, 2.75) is 19.1 Å². The molecule has 0 N–H and O–H groups in total. The molecule has 1 aromatic heterocycles. The fraction of sp³-hybridized carbons (Fsp3) is 0.667. The van der Waals surface area contributed by atoms with Crippen LogP contribution in [0.1, 0.15) is 19.2 Å². The van der Waals surface area contributed by atoms with Crippen molar-refractivity contribution in [1.82, 2.24) is 10.1 Å². The lowest BCUT2D eigenvalue weighted by Gasteiger charge is -1.91. The molecule has 0 radical (unpaired) electrons. The summed E-state index contributed by atoms with van der Waals surface area (Å²) in [5.41, 5.74) is 0. The third-order valence-electron chi connectivity index (χ3n) is 1.02. The van der Waals surface area contributed by atoms with Gasteiger partial charge in [-0.05, 0) is 23.8 Å². The van der Waals surface area contributed by atoms with E-state index in [9.17, 15) is 0 Å². The van der Waals surface area contributed by atoms with Crippen LogP contribution in [0.15, 0.2) is 4.52 Å². The van der Waals surface area contributed by atoms with Gasteiger partial charge in [0.15, 0.2) is 5.82 Å². The lowest BCUT2D eigenvalue weighted by Crippen LogP contribution is -1.84. The number of hydrogen-bond donors (Lipinski definition) is 0. The molecule has 0 amide bonds. The molecule has 0 saturated heterocycles. The van der Waals surface area contributed by atoms with Crippen LogP contribution in [0.2, 0.25) is 5.35 Å². The van der Waals surface area contributed by atoms with Crippen LogP contribution < -0.4 is 0 Å². The van der Waals surface area contributed by atoms with Crippen LogP contribution in [0.3, 0.4) is 0 Å². The number of rotatable bonds is 4. The summed E-state index contributed by atoms with van der Waals surface area (Å²) in [5.74, 6) is 2.57. The second kappa shape index (κ2) is 4.62. The Labute approximate surface area is 74.5 Å². The summed E-state index contributed by atoms with van der Waals surface area (Å²) < 4.78 is 4.59. The normalized spacial score (nSPS) is 10.4. The molecule has 1 rings (SSSR count). The Balaban J connectivity index is 2.27. The SMILES string of the molecule is CCCSCc1noc(Cl)n1. The summed E-state index contributed by atoms with van der Waals surface area (Å²) in [6.45, 7) is 2.14. The molecule has 0 aliphatic heterocycles. The third kappa shape index (κ3) is 3.12. The van der Waals surface area contributed by atoms with E-state index in [-0.39, 0.29) is 5.35 Å². The molecular formula is C6H9ClN2OS. The highest BCUT2D eigenvalue weighted by Crippen LogP contribution is 2.11. The van der Waals surface area contributed by atoms with E-state index in [1.165, 1.54) is 0 Å². The molecule has 0 aromatic carbocycles. The fourth-order valence-electron chi connectivity index (χ4n) is 0.599. The summed E-state index contributed by atoms with van der Waals surface area (Å²) in [7, 11) is 0. The summed E-state index contributed by atoms with van der Waals surface area (Å²) >= 11 is 7.20. The quantitative estimate of drug-likeness (QED) is 0.687. The number of nitrogens with zero attached hydrogens (tertiary/aromatic N) is 2. The standard InChI is InChI=1S/C6H9ClN2OS/c1-2-3-11-4-5-8-6(7)10-9-5/h2-4H2,1H3. The first-order chi connectivity index (χ1) is 5.33. The van der Waals surface area contributed by atoms with Gasteiger partial charge < -0.3 is 4.52 Å². The average molecular weight is 193 g/mol. The molecular weight excluding hydrogens is 184 g/mol. The molecule has 0 fully saturated rings. The van der Waals surface area contributed by atoms with Gasteiger partial charge in [0, 0.05) is 0 Å². The molecule has 0 bridgehead atoms. The minimum Gasteiger partial charge on any atom is -0.321 e. The molecule has 1 heterocycles. The van der Waals surface area contributed by atoms with Crippen LogP contribution >= 0.6 is 23.4 Å². The first-order valence-corrected chi connectivity index (χ1v) is 4.92. The topological polar surface area (TPSA) is 38.9 Å². The fourth-order valence-corrected chi connectivity index (χ4v) is 1.46. The van der Waals surface area contributed by atoms with Gasteiger partial charge in [0.2, 0.25) is 0 Å². The second-order valence-electron chi connectivity index (χ2n) is 2.02. The van der Waals surface area contributed by atoms with E-state index >= 15 is 0 Å². The molecule has 0 spiro atoms.